The van der Waals surface area contributed by atoms with E-state index < -0.39 is 0 Å². The Kier molecular flexibility index (Phi) is 5.03. The Morgan fingerprint density at radius 1 is 1.21 bits per heavy atom. The van der Waals surface area contributed by atoms with Crippen molar-refractivity contribution in [1.82, 2.24) is 5.32 Å². The summed E-state index contributed by atoms with van der Waals surface area (Å²) < 4.78 is 0. The number of carbonyl (C=O) groups is 1. The molecule has 1 N–H and O–H groups in total. The molecular formula is C16H22BrNO. The summed E-state index contributed by atoms with van der Waals surface area (Å²) in [6.45, 7) is 3.09. The smallest absolute Gasteiger partial charge is 0.251 e. The Bertz CT molecular complexity index is 421. The van der Waals surface area contributed by atoms with Crippen LogP contribution in [0.15, 0.2) is 24.3 Å². The SMILES string of the molecule is CC1(CNC(=O)c2ccc(CBr)cc2)CCCCC1. The summed E-state index contributed by atoms with van der Waals surface area (Å²) in [7, 11) is 0. The minimum Gasteiger partial charge on any atom is -0.351 e. The van der Waals surface area contributed by atoms with Gasteiger partial charge in [-0.25, -0.2) is 0 Å². The number of carbonyl (C=O) groups excluding carboxylic acids is 1. The van der Waals surface area contributed by atoms with Crippen LogP contribution in [-0.2, 0) is 5.33 Å². The molecule has 0 unspecified atom stereocenters. The molecule has 0 radical (unpaired) electrons. The highest BCUT2D eigenvalue weighted by atomic mass is 79.9. The van der Waals surface area contributed by atoms with Crippen molar-refractivity contribution in [2.75, 3.05) is 6.54 Å². The number of halogens is 1. The highest BCUT2D eigenvalue weighted by Crippen LogP contribution is 2.34. The van der Waals surface area contributed by atoms with Crippen LogP contribution in [0.25, 0.3) is 0 Å². The predicted molar refractivity (Wildman–Crippen MR) is 82.6 cm³/mol. The number of nitrogens with one attached hydrogen (secondary N) is 1. The monoisotopic (exact) mass is 323 g/mol. The van der Waals surface area contributed by atoms with Crippen LogP contribution < -0.4 is 5.32 Å². The lowest BCUT2D eigenvalue weighted by Crippen LogP contribution is -2.37. The molecule has 19 heavy (non-hydrogen) atoms. The van der Waals surface area contributed by atoms with Gasteiger partial charge in [-0.3, -0.25) is 4.79 Å². The normalized spacial score (nSPS) is 18.0. The van der Waals surface area contributed by atoms with E-state index in [-0.39, 0.29) is 5.91 Å². The Hall–Kier alpha value is -0.830. The van der Waals surface area contributed by atoms with Gasteiger partial charge < -0.3 is 5.32 Å². The molecule has 1 aromatic carbocycles. The molecule has 0 bridgehead atoms. The van der Waals surface area contributed by atoms with Crippen molar-refractivity contribution in [2.45, 2.75) is 44.4 Å². The standard InChI is InChI=1S/C16H22BrNO/c1-16(9-3-2-4-10-16)12-18-15(19)14-7-5-13(11-17)6-8-14/h5-8H,2-4,9-12H2,1H3,(H,18,19). The zero-order valence-corrected chi connectivity index (χ0v) is 13.1. The Morgan fingerprint density at radius 3 is 2.42 bits per heavy atom. The Balaban J connectivity index is 1.89. The number of rotatable bonds is 4. The number of amides is 1. The third kappa shape index (κ3) is 4.07. The second-order valence-corrected chi connectivity index (χ2v) is 6.45. The van der Waals surface area contributed by atoms with Crippen molar-refractivity contribution in [1.29, 1.82) is 0 Å². The summed E-state index contributed by atoms with van der Waals surface area (Å²) in [4.78, 5) is 12.1. The number of hydrogen-bond acceptors (Lipinski definition) is 1. The average Bonchev–Trinajstić information content (AvgIpc) is 2.46. The number of hydrogen-bond donors (Lipinski definition) is 1. The van der Waals surface area contributed by atoms with Crippen molar-refractivity contribution in [3.8, 4) is 0 Å². The molecule has 1 fully saturated rings. The topological polar surface area (TPSA) is 29.1 Å². The quantitative estimate of drug-likeness (QED) is 0.823. The van der Waals surface area contributed by atoms with Gasteiger partial charge in [-0.15, -0.1) is 0 Å². The second-order valence-electron chi connectivity index (χ2n) is 5.88. The van der Waals surface area contributed by atoms with Crippen LogP contribution in [0.4, 0.5) is 0 Å². The summed E-state index contributed by atoms with van der Waals surface area (Å²) >= 11 is 3.41. The first-order valence-corrected chi connectivity index (χ1v) is 8.18. The lowest BCUT2D eigenvalue weighted by atomic mass is 9.76. The van der Waals surface area contributed by atoms with E-state index in [4.69, 9.17) is 0 Å². The zero-order valence-electron chi connectivity index (χ0n) is 11.5. The third-order valence-corrected chi connectivity index (χ3v) is 4.75. The van der Waals surface area contributed by atoms with Gasteiger partial charge in [-0.2, -0.15) is 0 Å². The molecule has 0 heterocycles. The van der Waals surface area contributed by atoms with Gasteiger partial charge in [0.25, 0.3) is 5.91 Å². The Morgan fingerprint density at radius 2 is 1.84 bits per heavy atom. The highest BCUT2D eigenvalue weighted by molar-refractivity contribution is 9.08. The fourth-order valence-corrected chi connectivity index (χ4v) is 3.10. The molecular weight excluding hydrogens is 302 g/mol. The lowest BCUT2D eigenvalue weighted by molar-refractivity contribution is 0.0919. The van der Waals surface area contributed by atoms with E-state index in [2.05, 4.69) is 28.2 Å². The van der Waals surface area contributed by atoms with Crippen LogP contribution in [0, 0.1) is 5.41 Å². The van der Waals surface area contributed by atoms with Crippen molar-refractivity contribution in [3.63, 3.8) is 0 Å². The Labute approximate surface area is 124 Å². The fraction of sp³-hybridized carbons (Fsp3) is 0.562. The van der Waals surface area contributed by atoms with Gasteiger partial charge in [-0.1, -0.05) is 54.2 Å². The maximum Gasteiger partial charge on any atom is 0.251 e. The van der Waals surface area contributed by atoms with Crippen molar-refractivity contribution in [2.24, 2.45) is 5.41 Å². The summed E-state index contributed by atoms with van der Waals surface area (Å²) in [5.74, 6) is 0.0490. The largest absolute Gasteiger partial charge is 0.351 e. The maximum absolute atomic E-state index is 12.1. The van der Waals surface area contributed by atoms with E-state index >= 15 is 0 Å². The molecule has 1 aromatic rings. The molecule has 3 heteroatoms. The molecule has 2 nitrogen and oxygen atoms in total. The molecule has 1 amide bonds. The van der Waals surface area contributed by atoms with E-state index in [0.29, 0.717) is 5.41 Å². The number of alkyl halides is 1. The first-order chi connectivity index (χ1) is 9.13. The van der Waals surface area contributed by atoms with E-state index in [1.807, 2.05) is 24.3 Å². The van der Waals surface area contributed by atoms with Gasteiger partial charge in [-0.05, 0) is 36.0 Å². The summed E-state index contributed by atoms with van der Waals surface area (Å²) in [6, 6.07) is 7.78. The van der Waals surface area contributed by atoms with E-state index in [9.17, 15) is 4.79 Å². The van der Waals surface area contributed by atoms with Gasteiger partial charge in [0.15, 0.2) is 0 Å². The first-order valence-electron chi connectivity index (χ1n) is 7.06. The van der Waals surface area contributed by atoms with Gasteiger partial charge in [0.2, 0.25) is 0 Å². The molecule has 1 saturated carbocycles. The van der Waals surface area contributed by atoms with Crippen LogP contribution in [0.5, 0.6) is 0 Å². The molecule has 104 valence electrons. The highest BCUT2D eigenvalue weighted by Gasteiger charge is 2.27. The predicted octanol–water partition coefficient (Wildman–Crippen LogP) is 4.28. The zero-order chi connectivity index (χ0) is 13.7. The number of benzene rings is 1. The average molecular weight is 324 g/mol. The van der Waals surface area contributed by atoms with Gasteiger partial charge in [0.05, 0.1) is 0 Å². The van der Waals surface area contributed by atoms with E-state index in [1.54, 1.807) is 0 Å². The van der Waals surface area contributed by atoms with Crippen LogP contribution >= 0.6 is 15.9 Å². The van der Waals surface area contributed by atoms with E-state index in [1.165, 1.54) is 37.7 Å². The van der Waals surface area contributed by atoms with Crippen molar-refractivity contribution in [3.05, 3.63) is 35.4 Å². The molecule has 1 aliphatic carbocycles. The van der Waals surface area contributed by atoms with E-state index in [0.717, 1.165) is 17.4 Å². The van der Waals surface area contributed by atoms with Crippen molar-refractivity contribution >= 4 is 21.8 Å². The molecule has 0 atom stereocenters. The minimum absolute atomic E-state index is 0.0490. The molecule has 1 aliphatic rings. The lowest BCUT2D eigenvalue weighted by Gasteiger charge is -2.33. The summed E-state index contributed by atoms with van der Waals surface area (Å²) in [5.41, 5.74) is 2.24. The minimum atomic E-state index is 0.0490. The molecule has 0 aromatic heterocycles. The van der Waals surface area contributed by atoms with Crippen molar-refractivity contribution < 1.29 is 4.79 Å². The van der Waals surface area contributed by atoms with Crippen LogP contribution in [0.2, 0.25) is 0 Å². The second kappa shape index (κ2) is 6.56. The molecule has 0 saturated heterocycles. The summed E-state index contributed by atoms with van der Waals surface area (Å²) in [6.07, 6.45) is 6.40. The third-order valence-electron chi connectivity index (χ3n) is 4.11. The molecule has 0 spiro atoms. The van der Waals surface area contributed by atoms with Crippen LogP contribution in [0.3, 0.4) is 0 Å². The first kappa shape index (κ1) is 14.6. The van der Waals surface area contributed by atoms with Crippen LogP contribution in [0.1, 0.15) is 54.9 Å². The summed E-state index contributed by atoms with van der Waals surface area (Å²) in [5, 5.41) is 3.92. The molecule has 0 aliphatic heterocycles. The van der Waals surface area contributed by atoms with Crippen LogP contribution in [-0.4, -0.2) is 12.5 Å². The van der Waals surface area contributed by atoms with Gasteiger partial charge >= 0.3 is 0 Å². The fourth-order valence-electron chi connectivity index (χ4n) is 2.72. The van der Waals surface area contributed by atoms with Gasteiger partial charge in [0.1, 0.15) is 0 Å². The molecule has 2 rings (SSSR count). The maximum atomic E-state index is 12.1. The van der Waals surface area contributed by atoms with Gasteiger partial charge in [0, 0.05) is 17.4 Å².